The Balaban J connectivity index is 2.13. The van der Waals surface area contributed by atoms with Crippen molar-refractivity contribution in [3.63, 3.8) is 0 Å². The summed E-state index contributed by atoms with van der Waals surface area (Å²) in [4.78, 5) is 16.0. The van der Waals surface area contributed by atoms with Crippen molar-refractivity contribution in [2.24, 2.45) is 0 Å². The Hall–Kier alpha value is -2.11. The fourth-order valence-electron chi connectivity index (χ4n) is 2.48. The fourth-order valence-corrected chi connectivity index (χ4v) is 2.48. The molecule has 0 amide bonds. The Morgan fingerprint density at radius 3 is 2.43 bits per heavy atom. The smallest absolute Gasteiger partial charge is 0.223 e. The normalized spacial score (nSPS) is 11.3. The monoisotopic (exact) mass is 315 g/mol. The standard InChI is InChI=1S/C18H25N3O2/c1-19(2)9-10-21-14-18(23)17(22)11-16(21)13-20(3)12-15-7-5-4-6-8-15/h4-8,11,14,23H,9-10,12-13H2,1-3H3. The van der Waals surface area contributed by atoms with Gasteiger partial charge in [-0.2, -0.15) is 0 Å². The Bertz CT molecular complexity index is 680. The number of pyridine rings is 1. The van der Waals surface area contributed by atoms with Crippen LogP contribution in [0.3, 0.4) is 0 Å². The van der Waals surface area contributed by atoms with Crippen molar-refractivity contribution in [3.8, 4) is 5.75 Å². The lowest BCUT2D eigenvalue weighted by Crippen LogP contribution is -2.25. The summed E-state index contributed by atoms with van der Waals surface area (Å²) in [5.41, 5.74) is 1.82. The first-order valence-corrected chi connectivity index (χ1v) is 7.75. The van der Waals surface area contributed by atoms with Crippen molar-refractivity contribution >= 4 is 0 Å². The molecule has 0 bridgehead atoms. The van der Waals surface area contributed by atoms with Gasteiger partial charge in [0, 0.05) is 37.9 Å². The van der Waals surface area contributed by atoms with E-state index in [1.54, 1.807) is 0 Å². The number of rotatable bonds is 7. The largest absolute Gasteiger partial charge is 0.503 e. The summed E-state index contributed by atoms with van der Waals surface area (Å²) in [5, 5.41) is 9.70. The molecule has 1 aromatic heterocycles. The quantitative estimate of drug-likeness (QED) is 0.846. The fraction of sp³-hybridized carbons (Fsp3) is 0.389. The summed E-state index contributed by atoms with van der Waals surface area (Å²) in [5.74, 6) is -0.196. The average molecular weight is 315 g/mol. The molecule has 5 nitrogen and oxygen atoms in total. The second-order valence-electron chi connectivity index (χ2n) is 6.17. The van der Waals surface area contributed by atoms with Crippen LogP contribution in [0.15, 0.2) is 47.4 Å². The highest BCUT2D eigenvalue weighted by molar-refractivity contribution is 5.21. The van der Waals surface area contributed by atoms with Gasteiger partial charge in [-0.05, 0) is 26.7 Å². The van der Waals surface area contributed by atoms with E-state index in [4.69, 9.17) is 0 Å². The number of aromatic nitrogens is 1. The second kappa shape index (κ2) is 7.94. The molecule has 1 N–H and O–H groups in total. The van der Waals surface area contributed by atoms with E-state index in [1.165, 1.54) is 17.8 Å². The van der Waals surface area contributed by atoms with Gasteiger partial charge in [0.05, 0.1) is 6.20 Å². The van der Waals surface area contributed by atoms with E-state index in [2.05, 4.69) is 21.9 Å². The summed E-state index contributed by atoms with van der Waals surface area (Å²) < 4.78 is 1.96. The van der Waals surface area contributed by atoms with Gasteiger partial charge in [0.2, 0.25) is 5.43 Å². The molecule has 0 aliphatic rings. The van der Waals surface area contributed by atoms with Gasteiger partial charge in [-0.25, -0.2) is 0 Å². The first-order valence-electron chi connectivity index (χ1n) is 7.75. The molecule has 23 heavy (non-hydrogen) atoms. The molecule has 0 aliphatic heterocycles. The summed E-state index contributed by atoms with van der Waals surface area (Å²) in [6.07, 6.45) is 1.54. The molecule has 0 unspecified atom stereocenters. The Morgan fingerprint density at radius 1 is 1.09 bits per heavy atom. The van der Waals surface area contributed by atoms with Crippen LogP contribution in [0.25, 0.3) is 0 Å². The van der Waals surface area contributed by atoms with Gasteiger partial charge < -0.3 is 14.6 Å². The molecule has 5 heteroatoms. The van der Waals surface area contributed by atoms with Crippen LogP contribution in [0, 0.1) is 0 Å². The highest BCUT2D eigenvalue weighted by Gasteiger charge is 2.09. The maximum atomic E-state index is 11.8. The van der Waals surface area contributed by atoms with Gasteiger partial charge in [-0.15, -0.1) is 0 Å². The molecule has 0 saturated heterocycles. The van der Waals surface area contributed by atoms with Crippen LogP contribution >= 0.6 is 0 Å². The number of likely N-dealkylation sites (N-methyl/N-ethyl adjacent to an activating group) is 1. The van der Waals surface area contributed by atoms with Gasteiger partial charge in [-0.1, -0.05) is 30.3 Å². The predicted octanol–water partition coefficient (Wildman–Crippen LogP) is 1.75. The predicted molar refractivity (Wildman–Crippen MR) is 92.5 cm³/mol. The minimum Gasteiger partial charge on any atom is -0.503 e. The molecule has 0 atom stereocenters. The maximum absolute atomic E-state index is 11.8. The molecule has 0 radical (unpaired) electrons. The number of aromatic hydroxyl groups is 1. The number of hydrogen-bond donors (Lipinski definition) is 1. The van der Waals surface area contributed by atoms with E-state index in [1.807, 2.05) is 43.9 Å². The Kier molecular flexibility index (Phi) is 5.96. The van der Waals surface area contributed by atoms with Crippen LogP contribution < -0.4 is 5.43 Å². The summed E-state index contributed by atoms with van der Waals surface area (Å²) in [6.45, 7) is 3.04. The van der Waals surface area contributed by atoms with Gasteiger partial charge in [-0.3, -0.25) is 9.69 Å². The molecular weight excluding hydrogens is 290 g/mol. The van der Waals surface area contributed by atoms with Crippen LogP contribution in [0.4, 0.5) is 0 Å². The molecule has 1 aromatic carbocycles. The van der Waals surface area contributed by atoms with E-state index in [-0.39, 0.29) is 11.2 Å². The lowest BCUT2D eigenvalue weighted by Gasteiger charge is -2.21. The number of benzene rings is 1. The van der Waals surface area contributed by atoms with Crippen LogP contribution in [0.5, 0.6) is 5.75 Å². The van der Waals surface area contributed by atoms with E-state index >= 15 is 0 Å². The highest BCUT2D eigenvalue weighted by Crippen LogP contribution is 2.10. The van der Waals surface area contributed by atoms with Gasteiger partial charge in [0.15, 0.2) is 5.75 Å². The minimum atomic E-state index is -0.325. The lowest BCUT2D eigenvalue weighted by molar-refractivity contribution is 0.302. The summed E-state index contributed by atoms with van der Waals surface area (Å²) in [6, 6.07) is 11.8. The van der Waals surface area contributed by atoms with E-state index in [9.17, 15) is 9.90 Å². The Morgan fingerprint density at radius 2 is 1.78 bits per heavy atom. The van der Waals surface area contributed by atoms with Crippen molar-refractivity contribution in [1.82, 2.24) is 14.4 Å². The van der Waals surface area contributed by atoms with E-state index in [0.717, 1.165) is 25.3 Å². The topological polar surface area (TPSA) is 48.7 Å². The molecule has 2 rings (SSSR count). The first-order chi connectivity index (χ1) is 11.0. The third-order valence-electron chi connectivity index (χ3n) is 3.71. The van der Waals surface area contributed by atoms with Gasteiger partial charge in [0.1, 0.15) is 0 Å². The van der Waals surface area contributed by atoms with E-state index < -0.39 is 0 Å². The van der Waals surface area contributed by atoms with Crippen molar-refractivity contribution in [3.05, 3.63) is 64.1 Å². The molecular formula is C18H25N3O2. The van der Waals surface area contributed by atoms with Crippen molar-refractivity contribution in [1.29, 1.82) is 0 Å². The zero-order valence-corrected chi connectivity index (χ0v) is 14.1. The second-order valence-corrected chi connectivity index (χ2v) is 6.17. The molecule has 1 heterocycles. The van der Waals surface area contributed by atoms with E-state index in [0.29, 0.717) is 6.54 Å². The molecule has 0 fully saturated rings. The van der Waals surface area contributed by atoms with Crippen LogP contribution in [-0.4, -0.2) is 47.2 Å². The molecule has 0 spiro atoms. The van der Waals surface area contributed by atoms with Gasteiger partial charge in [0.25, 0.3) is 0 Å². The number of nitrogens with zero attached hydrogens (tertiary/aromatic N) is 3. The summed E-state index contributed by atoms with van der Waals surface area (Å²) in [7, 11) is 6.04. The van der Waals surface area contributed by atoms with Gasteiger partial charge >= 0.3 is 0 Å². The maximum Gasteiger partial charge on any atom is 0.223 e. The first kappa shape index (κ1) is 17.2. The Labute approximate surface area is 137 Å². The van der Waals surface area contributed by atoms with Crippen LogP contribution in [0.1, 0.15) is 11.3 Å². The summed E-state index contributed by atoms with van der Waals surface area (Å²) >= 11 is 0. The van der Waals surface area contributed by atoms with Crippen molar-refractivity contribution < 1.29 is 5.11 Å². The third kappa shape index (κ3) is 5.23. The molecule has 0 saturated carbocycles. The highest BCUT2D eigenvalue weighted by atomic mass is 16.3. The van der Waals surface area contributed by atoms with Crippen molar-refractivity contribution in [2.45, 2.75) is 19.6 Å². The zero-order valence-electron chi connectivity index (χ0n) is 14.1. The molecule has 2 aromatic rings. The average Bonchev–Trinajstić information content (AvgIpc) is 2.50. The SMILES string of the molecule is CN(C)CCn1cc(O)c(=O)cc1CN(C)Cc1ccccc1. The van der Waals surface area contributed by atoms with Crippen LogP contribution in [-0.2, 0) is 19.6 Å². The third-order valence-corrected chi connectivity index (χ3v) is 3.71. The zero-order chi connectivity index (χ0) is 16.8. The lowest BCUT2D eigenvalue weighted by atomic mass is 10.2. The molecule has 124 valence electrons. The minimum absolute atomic E-state index is 0.196. The number of hydrogen-bond acceptors (Lipinski definition) is 4. The van der Waals surface area contributed by atoms with Crippen LogP contribution in [0.2, 0.25) is 0 Å². The van der Waals surface area contributed by atoms with Crippen molar-refractivity contribution in [2.75, 3.05) is 27.7 Å². The molecule has 0 aliphatic carbocycles.